The Labute approximate surface area is 125 Å². The fourth-order valence-corrected chi connectivity index (χ4v) is 2.64. The van der Waals surface area contributed by atoms with E-state index in [9.17, 15) is 5.11 Å². The quantitative estimate of drug-likeness (QED) is 0.782. The molecule has 1 N–H and O–H groups in total. The lowest BCUT2D eigenvalue weighted by atomic mass is 9.95. The standard InChI is InChI=1S/C19H19NO/c1-20(2)16-10-5-9-15(13-16)19(21)18-12-6-8-14-7-3-4-11-17(14)18/h3-13,19,21H,1-2H3. The highest BCUT2D eigenvalue weighted by Crippen LogP contribution is 2.30. The SMILES string of the molecule is CN(C)c1cccc(C(O)c2cccc3ccccc23)c1. The van der Waals surface area contributed by atoms with Crippen LogP contribution in [0.2, 0.25) is 0 Å². The summed E-state index contributed by atoms with van der Waals surface area (Å²) in [5, 5.41) is 13.0. The maximum atomic E-state index is 10.8. The molecule has 1 unspecified atom stereocenters. The Morgan fingerprint density at radius 3 is 2.38 bits per heavy atom. The van der Waals surface area contributed by atoms with E-state index in [4.69, 9.17) is 0 Å². The van der Waals surface area contributed by atoms with Gasteiger partial charge in [-0.1, -0.05) is 54.6 Å². The maximum Gasteiger partial charge on any atom is 0.105 e. The van der Waals surface area contributed by atoms with Gasteiger partial charge >= 0.3 is 0 Å². The summed E-state index contributed by atoms with van der Waals surface area (Å²) < 4.78 is 0. The summed E-state index contributed by atoms with van der Waals surface area (Å²) in [6.45, 7) is 0. The van der Waals surface area contributed by atoms with Crippen LogP contribution in [0.1, 0.15) is 17.2 Å². The van der Waals surface area contributed by atoms with E-state index < -0.39 is 6.10 Å². The first kappa shape index (κ1) is 13.7. The van der Waals surface area contributed by atoms with Crippen LogP contribution in [-0.4, -0.2) is 19.2 Å². The molecule has 3 rings (SSSR count). The van der Waals surface area contributed by atoms with E-state index in [0.29, 0.717) is 0 Å². The lowest BCUT2D eigenvalue weighted by Crippen LogP contribution is -2.09. The van der Waals surface area contributed by atoms with Gasteiger partial charge in [-0.05, 0) is 34.0 Å². The van der Waals surface area contributed by atoms with Gasteiger partial charge in [0, 0.05) is 19.8 Å². The highest BCUT2D eigenvalue weighted by molar-refractivity contribution is 5.86. The van der Waals surface area contributed by atoms with Crippen LogP contribution in [0.15, 0.2) is 66.7 Å². The molecule has 2 nitrogen and oxygen atoms in total. The molecule has 0 spiro atoms. The fraction of sp³-hybridized carbons (Fsp3) is 0.158. The van der Waals surface area contributed by atoms with E-state index in [1.165, 1.54) is 0 Å². The largest absolute Gasteiger partial charge is 0.384 e. The van der Waals surface area contributed by atoms with Crippen molar-refractivity contribution in [1.82, 2.24) is 0 Å². The zero-order valence-corrected chi connectivity index (χ0v) is 12.3. The highest BCUT2D eigenvalue weighted by atomic mass is 16.3. The summed E-state index contributed by atoms with van der Waals surface area (Å²) >= 11 is 0. The number of nitrogens with zero attached hydrogens (tertiary/aromatic N) is 1. The van der Waals surface area contributed by atoms with E-state index in [0.717, 1.165) is 27.6 Å². The zero-order valence-electron chi connectivity index (χ0n) is 12.3. The Bertz CT molecular complexity index is 759. The topological polar surface area (TPSA) is 23.5 Å². The molecule has 0 saturated heterocycles. The minimum Gasteiger partial charge on any atom is -0.384 e. The van der Waals surface area contributed by atoms with E-state index in [1.807, 2.05) is 67.5 Å². The van der Waals surface area contributed by atoms with Gasteiger partial charge < -0.3 is 10.0 Å². The maximum absolute atomic E-state index is 10.8. The summed E-state index contributed by atoms with van der Waals surface area (Å²) in [6.07, 6.45) is -0.615. The fourth-order valence-electron chi connectivity index (χ4n) is 2.64. The average molecular weight is 277 g/mol. The summed E-state index contributed by atoms with van der Waals surface area (Å²) in [6, 6.07) is 22.3. The molecule has 0 bridgehead atoms. The highest BCUT2D eigenvalue weighted by Gasteiger charge is 2.14. The molecule has 3 aromatic carbocycles. The van der Waals surface area contributed by atoms with Gasteiger partial charge in [0.2, 0.25) is 0 Å². The van der Waals surface area contributed by atoms with Crippen molar-refractivity contribution < 1.29 is 5.11 Å². The molecule has 0 aliphatic heterocycles. The van der Waals surface area contributed by atoms with Gasteiger partial charge in [-0.25, -0.2) is 0 Å². The van der Waals surface area contributed by atoms with Crippen LogP contribution in [0, 0.1) is 0 Å². The molecule has 1 atom stereocenters. The van der Waals surface area contributed by atoms with Crippen molar-refractivity contribution in [2.24, 2.45) is 0 Å². The lowest BCUT2D eigenvalue weighted by molar-refractivity contribution is 0.222. The minimum atomic E-state index is -0.615. The smallest absolute Gasteiger partial charge is 0.105 e. The Hall–Kier alpha value is -2.32. The first-order valence-electron chi connectivity index (χ1n) is 7.10. The van der Waals surface area contributed by atoms with E-state index in [1.54, 1.807) is 0 Å². The second-order valence-electron chi connectivity index (χ2n) is 5.46. The molecule has 21 heavy (non-hydrogen) atoms. The number of hydrogen-bond acceptors (Lipinski definition) is 2. The Kier molecular flexibility index (Phi) is 3.63. The summed E-state index contributed by atoms with van der Waals surface area (Å²) in [4.78, 5) is 2.04. The summed E-state index contributed by atoms with van der Waals surface area (Å²) in [5.41, 5.74) is 2.95. The molecule has 3 aromatic rings. The number of anilines is 1. The van der Waals surface area contributed by atoms with Crippen molar-refractivity contribution in [2.45, 2.75) is 6.10 Å². The second kappa shape index (κ2) is 5.58. The molecule has 0 fully saturated rings. The Morgan fingerprint density at radius 1 is 0.857 bits per heavy atom. The summed E-state index contributed by atoms with van der Waals surface area (Å²) in [5.74, 6) is 0. The number of hydrogen-bond donors (Lipinski definition) is 1. The van der Waals surface area contributed by atoms with Gasteiger partial charge in [0.25, 0.3) is 0 Å². The third kappa shape index (κ3) is 2.63. The number of aliphatic hydroxyl groups is 1. The van der Waals surface area contributed by atoms with Crippen molar-refractivity contribution in [2.75, 3.05) is 19.0 Å². The molecular weight excluding hydrogens is 258 g/mol. The molecule has 2 heteroatoms. The van der Waals surface area contributed by atoms with E-state index in [2.05, 4.69) is 18.2 Å². The normalized spacial score (nSPS) is 12.3. The number of rotatable bonds is 3. The van der Waals surface area contributed by atoms with Crippen molar-refractivity contribution in [3.63, 3.8) is 0 Å². The van der Waals surface area contributed by atoms with Crippen molar-refractivity contribution in [3.8, 4) is 0 Å². The summed E-state index contributed by atoms with van der Waals surface area (Å²) in [7, 11) is 4.01. The Morgan fingerprint density at radius 2 is 1.57 bits per heavy atom. The lowest BCUT2D eigenvalue weighted by Gasteiger charge is -2.18. The number of aliphatic hydroxyl groups excluding tert-OH is 1. The van der Waals surface area contributed by atoms with Crippen LogP contribution in [0.5, 0.6) is 0 Å². The number of fused-ring (bicyclic) bond motifs is 1. The first-order chi connectivity index (χ1) is 10.2. The van der Waals surface area contributed by atoms with Crippen molar-refractivity contribution >= 4 is 16.5 Å². The third-order valence-electron chi connectivity index (χ3n) is 3.82. The third-order valence-corrected chi connectivity index (χ3v) is 3.82. The molecule has 0 amide bonds. The average Bonchev–Trinajstić information content (AvgIpc) is 2.53. The van der Waals surface area contributed by atoms with Crippen LogP contribution >= 0.6 is 0 Å². The molecule has 106 valence electrons. The number of benzene rings is 3. The molecule has 0 aliphatic rings. The second-order valence-corrected chi connectivity index (χ2v) is 5.46. The van der Waals surface area contributed by atoms with Gasteiger partial charge in [-0.3, -0.25) is 0 Å². The van der Waals surface area contributed by atoms with Gasteiger partial charge in [0.1, 0.15) is 6.10 Å². The minimum absolute atomic E-state index is 0.615. The predicted molar refractivity (Wildman–Crippen MR) is 88.8 cm³/mol. The van der Waals surface area contributed by atoms with Gasteiger partial charge in [0.15, 0.2) is 0 Å². The van der Waals surface area contributed by atoms with E-state index in [-0.39, 0.29) is 0 Å². The van der Waals surface area contributed by atoms with Crippen LogP contribution in [0.3, 0.4) is 0 Å². The molecule has 0 saturated carbocycles. The first-order valence-corrected chi connectivity index (χ1v) is 7.10. The Balaban J connectivity index is 2.08. The van der Waals surface area contributed by atoms with Crippen LogP contribution in [-0.2, 0) is 0 Å². The molecule has 0 heterocycles. The monoisotopic (exact) mass is 277 g/mol. The van der Waals surface area contributed by atoms with Crippen LogP contribution in [0.25, 0.3) is 10.8 Å². The van der Waals surface area contributed by atoms with Crippen molar-refractivity contribution in [3.05, 3.63) is 77.9 Å². The molecule has 0 aromatic heterocycles. The van der Waals surface area contributed by atoms with E-state index >= 15 is 0 Å². The predicted octanol–water partition coefficient (Wildman–Crippen LogP) is 3.99. The van der Waals surface area contributed by atoms with Gasteiger partial charge in [-0.2, -0.15) is 0 Å². The molecule has 0 radical (unpaired) electrons. The van der Waals surface area contributed by atoms with Gasteiger partial charge in [0.05, 0.1) is 0 Å². The van der Waals surface area contributed by atoms with Crippen LogP contribution < -0.4 is 4.90 Å². The van der Waals surface area contributed by atoms with Crippen LogP contribution in [0.4, 0.5) is 5.69 Å². The molecule has 0 aliphatic carbocycles. The zero-order chi connectivity index (χ0) is 14.8. The van der Waals surface area contributed by atoms with Gasteiger partial charge in [-0.15, -0.1) is 0 Å². The molecular formula is C19H19NO. The van der Waals surface area contributed by atoms with Crippen molar-refractivity contribution in [1.29, 1.82) is 0 Å².